The highest BCUT2D eigenvalue weighted by atomic mass is 32.1. The van der Waals surface area contributed by atoms with E-state index in [1.807, 2.05) is 44.2 Å². The SMILES string of the molecule is CC.CCc1ccc(C=NOc2ccccc2)s1. The first-order valence-electron chi connectivity index (χ1n) is 6.22. The molecule has 1 aromatic carbocycles. The van der Waals surface area contributed by atoms with Gasteiger partial charge in [-0.1, -0.05) is 44.1 Å². The topological polar surface area (TPSA) is 21.6 Å². The van der Waals surface area contributed by atoms with Gasteiger partial charge in [0.15, 0.2) is 5.75 Å². The van der Waals surface area contributed by atoms with Crippen LogP contribution in [0.4, 0.5) is 0 Å². The Balaban J connectivity index is 0.000000771. The number of aryl methyl sites for hydroxylation is 1. The van der Waals surface area contributed by atoms with E-state index in [9.17, 15) is 0 Å². The fourth-order valence-corrected chi connectivity index (χ4v) is 2.09. The second kappa shape index (κ2) is 8.48. The van der Waals surface area contributed by atoms with Gasteiger partial charge in [-0.15, -0.1) is 11.3 Å². The molecular formula is C15H19NOS. The van der Waals surface area contributed by atoms with E-state index in [0.717, 1.165) is 17.0 Å². The number of hydrogen-bond donors (Lipinski definition) is 0. The summed E-state index contributed by atoms with van der Waals surface area (Å²) in [6.45, 7) is 6.15. The Kier molecular flexibility index (Phi) is 6.81. The molecule has 2 rings (SSSR count). The predicted molar refractivity (Wildman–Crippen MR) is 79.7 cm³/mol. The first-order valence-corrected chi connectivity index (χ1v) is 7.04. The number of benzene rings is 1. The third-order valence-electron chi connectivity index (χ3n) is 2.11. The van der Waals surface area contributed by atoms with Crippen molar-refractivity contribution < 1.29 is 4.84 Å². The van der Waals surface area contributed by atoms with Crippen molar-refractivity contribution in [3.05, 3.63) is 52.2 Å². The first kappa shape index (κ1) is 14.5. The molecule has 0 saturated carbocycles. The smallest absolute Gasteiger partial charge is 0.157 e. The lowest BCUT2D eigenvalue weighted by Gasteiger charge is -1.95. The monoisotopic (exact) mass is 261 g/mol. The molecule has 0 fully saturated rings. The van der Waals surface area contributed by atoms with E-state index in [0.29, 0.717) is 0 Å². The van der Waals surface area contributed by atoms with Gasteiger partial charge in [-0.25, -0.2) is 0 Å². The number of para-hydroxylation sites is 1. The van der Waals surface area contributed by atoms with Gasteiger partial charge in [0.1, 0.15) is 0 Å². The van der Waals surface area contributed by atoms with Crippen LogP contribution in [0.2, 0.25) is 0 Å². The molecule has 0 radical (unpaired) electrons. The minimum Gasteiger partial charge on any atom is -0.357 e. The third-order valence-corrected chi connectivity index (χ3v) is 3.28. The molecule has 0 bridgehead atoms. The molecule has 1 heterocycles. The number of thiophene rings is 1. The van der Waals surface area contributed by atoms with Crippen LogP contribution in [0.5, 0.6) is 5.75 Å². The van der Waals surface area contributed by atoms with Crippen molar-refractivity contribution in [1.82, 2.24) is 0 Å². The summed E-state index contributed by atoms with van der Waals surface area (Å²) in [7, 11) is 0. The maximum absolute atomic E-state index is 5.23. The van der Waals surface area contributed by atoms with Crippen LogP contribution in [-0.2, 0) is 6.42 Å². The summed E-state index contributed by atoms with van der Waals surface area (Å²) >= 11 is 1.74. The lowest BCUT2D eigenvalue weighted by Crippen LogP contribution is -1.83. The number of rotatable bonds is 4. The van der Waals surface area contributed by atoms with Crippen molar-refractivity contribution in [1.29, 1.82) is 0 Å². The Labute approximate surface area is 113 Å². The first-order chi connectivity index (χ1) is 8.88. The quantitative estimate of drug-likeness (QED) is 0.575. The molecule has 0 spiro atoms. The van der Waals surface area contributed by atoms with Crippen molar-refractivity contribution >= 4 is 17.6 Å². The molecule has 0 unspecified atom stereocenters. The molecule has 0 N–H and O–H groups in total. The molecular weight excluding hydrogens is 242 g/mol. The fourth-order valence-electron chi connectivity index (χ4n) is 1.27. The summed E-state index contributed by atoms with van der Waals surface area (Å²) in [5.41, 5.74) is 0. The van der Waals surface area contributed by atoms with Gasteiger partial charge in [0.2, 0.25) is 0 Å². The second-order valence-corrected chi connectivity index (χ2v) is 4.50. The van der Waals surface area contributed by atoms with E-state index in [-0.39, 0.29) is 0 Å². The molecule has 0 atom stereocenters. The van der Waals surface area contributed by atoms with E-state index in [2.05, 4.69) is 24.2 Å². The van der Waals surface area contributed by atoms with Gasteiger partial charge in [-0.05, 0) is 30.7 Å². The van der Waals surface area contributed by atoms with Gasteiger partial charge in [0, 0.05) is 9.75 Å². The number of oxime groups is 1. The van der Waals surface area contributed by atoms with Crippen LogP contribution in [-0.4, -0.2) is 6.21 Å². The lowest BCUT2D eigenvalue weighted by molar-refractivity contribution is 0.344. The van der Waals surface area contributed by atoms with Crippen LogP contribution in [0.15, 0.2) is 47.6 Å². The molecule has 2 aromatic rings. The molecule has 0 aliphatic heterocycles. The van der Waals surface area contributed by atoms with E-state index >= 15 is 0 Å². The van der Waals surface area contributed by atoms with Crippen LogP contribution in [0.3, 0.4) is 0 Å². The maximum atomic E-state index is 5.23. The maximum Gasteiger partial charge on any atom is 0.157 e. The Morgan fingerprint density at radius 1 is 1.11 bits per heavy atom. The van der Waals surface area contributed by atoms with Gasteiger partial charge in [0.05, 0.1) is 6.21 Å². The summed E-state index contributed by atoms with van der Waals surface area (Å²) in [4.78, 5) is 7.71. The van der Waals surface area contributed by atoms with Crippen molar-refractivity contribution in [2.75, 3.05) is 0 Å². The van der Waals surface area contributed by atoms with Crippen molar-refractivity contribution in [3.63, 3.8) is 0 Å². The fraction of sp³-hybridized carbons (Fsp3) is 0.267. The van der Waals surface area contributed by atoms with Crippen LogP contribution < -0.4 is 4.84 Å². The van der Waals surface area contributed by atoms with Gasteiger partial charge in [0.25, 0.3) is 0 Å². The molecule has 18 heavy (non-hydrogen) atoms. The van der Waals surface area contributed by atoms with Gasteiger partial charge >= 0.3 is 0 Å². The normalized spacial score (nSPS) is 9.94. The standard InChI is InChI=1S/C13H13NOS.C2H6/c1-2-12-8-9-13(16-12)10-14-15-11-6-4-3-5-7-11;1-2/h3-10H,2H2,1H3;1-2H3. The summed E-state index contributed by atoms with van der Waals surface area (Å²) in [6, 6.07) is 13.7. The van der Waals surface area contributed by atoms with Crippen LogP contribution >= 0.6 is 11.3 Å². The Morgan fingerprint density at radius 2 is 1.83 bits per heavy atom. The van der Waals surface area contributed by atoms with E-state index in [1.54, 1.807) is 17.6 Å². The minimum atomic E-state index is 0.756. The van der Waals surface area contributed by atoms with E-state index < -0.39 is 0 Å². The highest BCUT2D eigenvalue weighted by Gasteiger charge is 1.95. The predicted octanol–water partition coefficient (Wildman–Crippen LogP) is 4.75. The number of nitrogens with zero attached hydrogens (tertiary/aromatic N) is 1. The van der Waals surface area contributed by atoms with Crippen LogP contribution in [0.1, 0.15) is 30.5 Å². The van der Waals surface area contributed by atoms with Crippen molar-refractivity contribution in [3.8, 4) is 5.75 Å². The molecule has 3 heteroatoms. The van der Waals surface area contributed by atoms with Gasteiger partial charge < -0.3 is 4.84 Å². The van der Waals surface area contributed by atoms with Gasteiger partial charge in [-0.3, -0.25) is 0 Å². The summed E-state index contributed by atoms with van der Waals surface area (Å²) in [6.07, 6.45) is 2.81. The van der Waals surface area contributed by atoms with E-state index in [4.69, 9.17) is 4.84 Å². The Morgan fingerprint density at radius 3 is 2.44 bits per heavy atom. The highest BCUT2D eigenvalue weighted by Crippen LogP contribution is 2.15. The Bertz CT molecular complexity index is 462. The molecule has 2 nitrogen and oxygen atoms in total. The molecule has 0 aliphatic carbocycles. The zero-order valence-corrected chi connectivity index (χ0v) is 11.9. The molecule has 1 aromatic heterocycles. The molecule has 0 saturated heterocycles. The summed E-state index contributed by atoms with van der Waals surface area (Å²) in [5.74, 6) is 0.756. The van der Waals surface area contributed by atoms with E-state index in [1.165, 1.54) is 4.88 Å². The minimum absolute atomic E-state index is 0.756. The van der Waals surface area contributed by atoms with Gasteiger partial charge in [-0.2, -0.15) is 0 Å². The van der Waals surface area contributed by atoms with Crippen molar-refractivity contribution in [2.24, 2.45) is 5.16 Å². The lowest BCUT2D eigenvalue weighted by atomic mass is 10.3. The third kappa shape index (κ3) is 4.72. The van der Waals surface area contributed by atoms with Crippen LogP contribution in [0.25, 0.3) is 0 Å². The summed E-state index contributed by atoms with van der Waals surface area (Å²) < 4.78 is 0. The molecule has 96 valence electrons. The average molecular weight is 261 g/mol. The Hall–Kier alpha value is -1.61. The molecule has 0 amide bonds. The highest BCUT2D eigenvalue weighted by molar-refractivity contribution is 7.13. The largest absolute Gasteiger partial charge is 0.357 e. The molecule has 0 aliphatic rings. The number of hydrogen-bond acceptors (Lipinski definition) is 3. The zero-order valence-electron chi connectivity index (χ0n) is 11.1. The summed E-state index contributed by atoms with van der Waals surface area (Å²) in [5, 5.41) is 3.94. The van der Waals surface area contributed by atoms with Crippen LogP contribution in [0, 0.1) is 0 Å². The van der Waals surface area contributed by atoms with Crippen molar-refractivity contribution in [2.45, 2.75) is 27.2 Å². The average Bonchev–Trinajstić information content (AvgIpc) is 2.90. The zero-order chi connectivity index (χ0) is 13.2. The second-order valence-electron chi connectivity index (χ2n) is 3.30.